The number of carboxylic acids is 1. The van der Waals surface area contributed by atoms with Gasteiger partial charge in [-0.3, -0.25) is 9.59 Å². The number of hydrogen-bond donors (Lipinski definition) is 1. The van der Waals surface area contributed by atoms with Gasteiger partial charge >= 0.3 is 5.97 Å². The third-order valence-electron chi connectivity index (χ3n) is 4.70. The summed E-state index contributed by atoms with van der Waals surface area (Å²) in [5.74, 6) is -1.41. The second-order valence-electron chi connectivity index (χ2n) is 6.88. The Bertz CT molecular complexity index is 814. The molecule has 1 aliphatic rings. The molecule has 2 aromatic rings. The van der Waals surface area contributed by atoms with Gasteiger partial charge in [-0.15, -0.1) is 0 Å². The van der Waals surface area contributed by atoms with Crippen molar-refractivity contribution < 1.29 is 19.1 Å². The highest BCUT2D eigenvalue weighted by Crippen LogP contribution is 2.28. The van der Waals surface area contributed by atoms with Gasteiger partial charge in [0.2, 0.25) is 0 Å². The maximum absolute atomic E-state index is 13.2. The van der Waals surface area contributed by atoms with Crippen molar-refractivity contribution in [2.75, 3.05) is 6.54 Å². The monoisotopic (exact) mass is 359 g/mol. The van der Waals surface area contributed by atoms with Crippen molar-refractivity contribution in [3.05, 3.63) is 47.5 Å². The van der Waals surface area contributed by atoms with Crippen LogP contribution < -0.4 is 0 Å². The van der Waals surface area contributed by atoms with Crippen LogP contribution in [0.2, 0.25) is 0 Å². The summed E-state index contributed by atoms with van der Waals surface area (Å²) < 4.78 is 14.9. The zero-order valence-corrected chi connectivity index (χ0v) is 14.9. The molecule has 1 aromatic carbocycles. The first kappa shape index (κ1) is 18.1. The summed E-state index contributed by atoms with van der Waals surface area (Å²) in [5, 5.41) is 13.4. The number of nitrogens with zero attached hydrogens (tertiary/aromatic N) is 3. The fraction of sp³-hybridized carbons (Fsp3) is 0.421. The van der Waals surface area contributed by atoms with Crippen LogP contribution in [0.25, 0.3) is 5.69 Å². The quantitative estimate of drug-likeness (QED) is 0.889. The van der Waals surface area contributed by atoms with Crippen molar-refractivity contribution in [3.8, 4) is 5.69 Å². The number of halogens is 1. The Morgan fingerprint density at radius 3 is 2.62 bits per heavy atom. The smallest absolute Gasteiger partial charge is 0.305 e. The first-order valence-electron chi connectivity index (χ1n) is 8.75. The highest BCUT2D eigenvalue weighted by Gasteiger charge is 2.33. The molecule has 0 bridgehead atoms. The van der Waals surface area contributed by atoms with Gasteiger partial charge in [-0.05, 0) is 43.0 Å². The van der Waals surface area contributed by atoms with E-state index in [0.29, 0.717) is 24.2 Å². The van der Waals surface area contributed by atoms with E-state index in [-0.39, 0.29) is 30.1 Å². The van der Waals surface area contributed by atoms with E-state index in [2.05, 4.69) is 5.10 Å². The Kier molecular flexibility index (Phi) is 5.06. The highest BCUT2D eigenvalue weighted by molar-refractivity contribution is 5.96. The predicted octanol–water partition coefficient (Wildman–Crippen LogP) is 3.21. The lowest BCUT2D eigenvalue weighted by Gasteiger charge is -2.24. The maximum atomic E-state index is 13.2. The fourth-order valence-electron chi connectivity index (χ4n) is 3.54. The van der Waals surface area contributed by atoms with Gasteiger partial charge in [-0.25, -0.2) is 9.07 Å². The Balaban J connectivity index is 1.96. The fourth-order valence-corrected chi connectivity index (χ4v) is 3.54. The van der Waals surface area contributed by atoms with Crippen LogP contribution in [-0.4, -0.2) is 44.3 Å². The van der Waals surface area contributed by atoms with Crippen molar-refractivity contribution in [1.82, 2.24) is 14.7 Å². The molecule has 0 spiro atoms. The Morgan fingerprint density at radius 2 is 2.00 bits per heavy atom. The number of rotatable bonds is 5. The molecule has 1 unspecified atom stereocenters. The molecule has 1 aliphatic heterocycles. The molecule has 1 fully saturated rings. The Labute approximate surface area is 151 Å². The zero-order chi connectivity index (χ0) is 18.8. The SMILES string of the molecule is CC(C)c1c(C(=O)N2CCCC2CC(=O)O)cnn1-c1ccc(F)cc1. The number of aliphatic carboxylic acids is 1. The van der Waals surface area contributed by atoms with Crippen LogP contribution in [-0.2, 0) is 4.79 Å². The van der Waals surface area contributed by atoms with Crippen LogP contribution in [0.3, 0.4) is 0 Å². The Morgan fingerprint density at radius 1 is 1.31 bits per heavy atom. The van der Waals surface area contributed by atoms with Crippen LogP contribution in [0, 0.1) is 5.82 Å². The summed E-state index contributed by atoms with van der Waals surface area (Å²) in [7, 11) is 0. The van der Waals surface area contributed by atoms with E-state index < -0.39 is 5.97 Å². The minimum absolute atomic E-state index is 0.0158. The molecular formula is C19H22FN3O3. The molecule has 0 radical (unpaired) electrons. The predicted molar refractivity (Wildman–Crippen MR) is 93.9 cm³/mol. The van der Waals surface area contributed by atoms with Gasteiger partial charge in [-0.1, -0.05) is 13.8 Å². The topological polar surface area (TPSA) is 75.4 Å². The van der Waals surface area contributed by atoms with Crippen molar-refractivity contribution in [2.24, 2.45) is 0 Å². The summed E-state index contributed by atoms with van der Waals surface area (Å²) in [6.07, 6.45) is 2.97. The summed E-state index contributed by atoms with van der Waals surface area (Å²) >= 11 is 0. The lowest BCUT2D eigenvalue weighted by molar-refractivity contribution is -0.137. The lowest BCUT2D eigenvalue weighted by atomic mass is 10.0. The molecule has 2 heterocycles. The van der Waals surface area contributed by atoms with E-state index in [1.807, 2.05) is 13.8 Å². The average Bonchev–Trinajstić information content (AvgIpc) is 3.21. The molecule has 138 valence electrons. The van der Waals surface area contributed by atoms with Crippen LogP contribution in [0.1, 0.15) is 55.1 Å². The van der Waals surface area contributed by atoms with Crippen molar-refractivity contribution in [2.45, 2.75) is 45.1 Å². The third kappa shape index (κ3) is 3.47. The van der Waals surface area contributed by atoms with E-state index >= 15 is 0 Å². The molecular weight excluding hydrogens is 337 g/mol. The second kappa shape index (κ2) is 7.27. The number of carbonyl (C=O) groups is 2. The molecule has 7 heteroatoms. The van der Waals surface area contributed by atoms with E-state index in [0.717, 1.165) is 12.1 Å². The number of benzene rings is 1. The van der Waals surface area contributed by atoms with E-state index in [1.165, 1.54) is 18.3 Å². The highest BCUT2D eigenvalue weighted by atomic mass is 19.1. The molecule has 0 aliphatic carbocycles. The number of likely N-dealkylation sites (tertiary alicyclic amines) is 1. The summed E-state index contributed by atoms with van der Waals surface area (Å²) in [4.78, 5) is 25.8. The number of carboxylic acid groups (broad SMARTS) is 1. The maximum Gasteiger partial charge on any atom is 0.305 e. The molecule has 0 saturated carbocycles. The van der Waals surface area contributed by atoms with Crippen LogP contribution in [0.5, 0.6) is 0 Å². The Hall–Kier alpha value is -2.70. The van der Waals surface area contributed by atoms with Crippen LogP contribution in [0.15, 0.2) is 30.5 Å². The zero-order valence-electron chi connectivity index (χ0n) is 14.9. The lowest BCUT2D eigenvalue weighted by Crippen LogP contribution is -2.37. The van der Waals surface area contributed by atoms with Gasteiger partial charge in [0.25, 0.3) is 5.91 Å². The van der Waals surface area contributed by atoms with Crippen molar-refractivity contribution in [1.29, 1.82) is 0 Å². The van der Waals surface area contributed by atoms with Crippen molar-refractivity contribution in [3.63, 3.8) is 0 Å². The number of carbonyl (C=O) groups excluding carboxylic acids is 1. The van der Waals surface area contributed by atoms with E-state index in [9.17, 15) is 14.0 Å². The summed E-state index contributed by atoms with van der Waals surface area (Å²) in [6.45, 7) is 4.48. The molecule has 26 heavy (non-hydrogen) atoms. The molecule has 1 saturated heterocycles. The summed E-state index contributed by atoms with van der Waals surface area (Å²) in [5.41, 5.74) is 1.89. The molecule has 3 rings (SSSR count). The molecule has 1 atom stereocenters. The first-order valence-corrected chi connectivity index (χ1v) is 8.75. The molecule has 6 nitrogen and oxygen atoms in total. The standard InChI is InChI=1S/C19H22FN3O3/c1-12(2)18-16(11-21-23(18)14-7-5-13(20)6-8-14)19(26)22-9-3-4-15(22)10-17(24)25/h5-8,11-12,15H,3-4,9-10H2,1-2H3,(H,24,25). The van der Waals surface area contributed by atoms with Gasteiger partial charge in [0.05, 0.1) is 29.6 Å². The first-order chi connectivity index (χ1) is 12.4. The number of amides is 1. The van der Waals surface area contributed by atoms with Gasteiger partial charge in [0.15, 0.2) is 0 Å². The van der Waals surface area contributed by atoms with Crippen LogP contribution in [0.4, 0.5) is 4.39 Å². The van der Waals surface area contributed by atoms with Crippen LogP contribution >= 0.6 is 0 Å². The largest absolute Gasteiger partial charge is 0.481 e. The van der Waals surface area contributed by atoms with Gasteiger partial charge in [0, 0.05) is 12.6 Å². The van der Waals surface area contributed by atoms with E-state index in [4.69, 9.17) is 5.11 Å². The van der Waals surface area contributed by atoms with E-state index in [1.54, 1.807) is 21.7 Å². The van der Waals surface area contributed by atoms with Gasteiger partial charge in [0.1, 0.15) is 5.82 Å². The van der Waals surface area contributed by atoms with Gasteiger partial charge in [-0.2, -0.15) is 5.10 Å². The minimum Gasteiger partial charge on any atom is -0.481 e. The summed E-state index contributed by atoms with van der Waals surface area (Å²) in [6, 6.07) is 5.66. The van der Waals surface area contributed by atoms with Gasteiger partial charge < -0.3 is 10.0 Å². The molecule has 1 amide bonds. The second-order valence-corrected chi connectivity index (χ2v) is 6.88. The molecule has 1 N–H and O–H groups in total. The number of aromatic nitrogens is 2. The number of hydrogen-bond acceptors (Lipinski definition) is 3. The minimum atomic E-state index is -0.902. The average molecular weight is 359 g/mol. The van der Waals surface area contributed by atoms with Crippen molar-refractivity contribution >= 4 is 11.9 Å². The third-order valence-corrected chi connectivity index (χ3v) is 4.70. The normalized spacial score (nSPS) is 17.1. The molecule has 1 aromatic heterocycles.